The topological polar surface area (TPSA) is 57.3 Å². The molecule has 0 aliphatic carbocycles. The highest BCUT2D eigenvalue weighted by atomic mass is 16.1. The van der Waals surface area contributed by atoms with Gasteiger partial charge in [-0.15, -0.1) is 0 Å². The molecule has 5 nitrogen and oxygen atoms in total. The zero-order chi connectivity index (χ0) is 15.1. The predicted molar refractivity (Wildman–Crippen MR) is 85.6 cm³/mol. The summed E-state index contributed by atoms with van der Waals surface area (Å²) in [5, 5.41) is 6.26. The summed E-state index contributed by atoms with van der Waals surface area (Å²) in [7, 11) is 0. The molecule has 1 aliphatic heterocycles. The van der Waals surface area contributed by atoms with E-state index in [1.54, 1.807) is 12.4 Å². The average molecular weight is 290 g/mol. The second-order valence-corrected chi connectivity index (χ2v) is 5.54. The minimum atomic E-state index is -0.0306. The molecule has 1 aromatic heterocycles. The first kappa shape index (κ1) is 15.8. The molecule has 2 N–H and O–H groups in total. The van der Waals surface area contributed by atoms with Gasteiger partial charge < -0.3 is 15.5 Å². The standard InChI is InChI=1S/C16H26N4O/c1-3-18-15-5-8-17-12-14(15)16(21)19-11-13-6-9-20(4-2)10-7-13/h5,8,12-13H,3-4,6-7,9-11H2,1-2H3,(H,17,18)(H,19,21). The summed E-state index contributed by atoms with van der Waals surface area (Å²) in [5.41, 5.74) is 1.48. The highest BCUT2D eigenvalue weighted by Gasteiger charge is 2.19. The average Bonchev–Trinajstić information content (AvgIpc) is 2.54. The van der Waals surface area contributed by atoms with E-state index in [4.69, 9.17) is 0 Å². The maximum Gasteiger partial charge on any atom is 0.254 e. The Morgan fingerprint density at radius 1 is 1.38 bits per heavy atom. The van der Waals surface area contributed by atoms with Gasteiger partial charge in [-0.1, -0.05) is 6.92 Å². The summed E-state index contributed by atoms with van der Waals surface area (Å²) in [4.78, 5) is 18.8. The van der Waals surface area contributed by atoms with Gasteiger partial charge in [0.1, 0.15) is 0 Å². The third kappa shape index (κ3) is 4.43. The number of carbonyl (C=O) groups excluding carboxylic acids is 1. The van der Waals surface area contributed by atoms with Crippen molar-refractivity contribution in [3.05, 3.63) is 24.0 Å². The molecule has 2 rings (SSSR count). The van der Waals surface area contributed by atoms with Crippen LogP contribution in [-0.2, 0) is 0 Å². The van der Waals surface area contributed by atoms with E-state index >= 15 is 0 Å². The van der Waals surface area contributed by atoms with Crippen molar-refractivity contribution in [2.45, 2.75) is 26.7 Å². The van der Waals surface area contributed by atoms with E-state index in [1.165, 1.54) is 12.8 Å². The summed E-state index contributed by atoms with van der Waals surface area (Å²) in [5.74, 6) is 0.563. The van der Waals surface area contributed by atoms with Gasteiger partial charge >= 0.3 is 0 Å². The number of likely N-dealkylation sites (tertiary alicyclic amines) is 1. The Kier molecular flexibility index (Phi) is 5.99. The molecule has 0 bridgehead atoms. The minimum Gasteiger partial charge on any atom is -0.385 e. The quantitative estimate of drug-likeness (QED) is 0.841. The number of piperidine rings is 1. The molecule has 0 atom stereocenters. The van der Waals surface area contributed by atoms with E-state index in [0.717, 1.165) is 38.4 Å². The van der Waals surface area contributed by atoms with Crippen LogP contribution >= 0.6 is 0 Å². The first-order valence-electron chi connectivity index (χ1n) is 7.93. The number of amides is 1. The molecule has 5 heteroatoms. The van der Waals surface area contributed by atoms with Crippen molar-refractivity contribution in [1.29, 1.82) is 0 Å². The Bertz CT molecular complexity index is 455. The lowest BCUT2D eigenvalue weighted by Crippen LogP contribution is -2.38. The third-order valence-corrected chi connectivity index (χ3v) is 4.14. The zero-order valence-corrected chi connectivity index (χ0v) is 13.1. The number of hydrogen-bond acceptors (Lipinski definition) is 4. The van der Waals surface area contributed by atoms with E-state index in [2.05, 4.69) is 27.4 Å². The van der Waals surface area contributed by atoms with Gasteiger partial charge in [0.2, 0.25) is 0 Å². The van der Waals surface area contributed by atoms with Crippen molar-refractivity contribution in [2.75, 3.05) is 38.0 Å². The van der Waals surface area contributed by atoms with Gasteiger partial charge in [0.25, 0.3) is 5.91 Å². The van der Waals surface area contributed by atoms with Crippen molar-refractivity contribution in [3.63, 3.8) is 0 Å². The second kappa shape index (κ2) is 7.98. The molecule has 1 saturated heterocycles. The predicted octanol–water partition coefficient (Wildman–Crippen LogP) is 1.98. The molecular formula is C16H26N4O. The number of anilines is 1. The molecular weight excluding hydrogens is 264 g/mol. The normalized spacial score (nSPS) is 16.7. The van der Waals surface area contributed by atoms with Crippen LogP contribution in [0.2, 0.25) is 0 Å². The molecule has 2 heterocycles. The second-order valence-electron chi connectivity index (χ2n) is 5.54. The number of nitrogens with zero attached hydrogens (tertiary/aromatic N) is 2. The fourth-order valence-corrected chi connectivity index (χ4v) is 2.76. The summed E-state index contributed by atoms with van der Waals surface area (Å²) in [6.07, 6.45) is 5.67. The Labute approximate surface area is 127 Å². The van der Waals surface area contributed by atoms with Crippen LogP contribution in [0.1, 0.15) is 37.0 Å². The molecule has 116 valence electrons. The molecule has 0 unspecified atom stereocenters. The van der Waals surface area contributed by atoms with Crippen LogP contribution in [0.4, 0.5) is 5.69 Å². The third-order valence-electron chi connectivity index (χ3n) is 4.14. The molecule has 0 spiro atoms. The number of rotatable bonds is 6. The number of pyridine rings is 1. The van der Waals surface area contributed by atoms with Gasteiger partial charge in [0.15, 0.2) is 0 Å². The summed E-state index contributed by atoms with van der Waals surface area (Å²) in [6.45, 7) is 9.19. The molecule has 0 saturated carbocycles. The van der Waals surface area contributed by atoms with E-state index in [1.807, 2.05) is 13.0 Å². The van der Waals surface area contributed by atoms with Crippen LogP contribution in [0.3, 0.4) is 0 Å². The maximum absolute atomic E-state index is 12.3. The van der Waals surface area contributed by atoms with Crippen LogP contribution in [-0.4, -0.2) is 48.5 Å². The van der Waals surface area contributed by atoms with E-state index in [-0.39, 0.29) is 5.91 Å². The molecule has 0 aromatic carbocycles. The zero-order valence-electron chi connectivity index (χ0n) is 13.1. The van der Waals surface area contributed by atoms with Gasteiger partial charge in [-0.25, -0.2) is 0 Å². The largest absolute Gasteiger partial charge is 0.385 e. The van der Waals surface area contributed by atoms with Crippen LogP contribution in [0.5, 0.6) is 0 Å². The van der Waals surface area contributed by atoms with Gasteiger partial charge in [0, 0.05) is 25.5 Å². The van der Waals surface area contributed by atoms with Crippen molar-refractivity contribution in [2.24, 2.45) is 5.92 Å². The van der Waals surface area contributed by atoms with Crippen molar-refractivity contribution in [3.8, 4) is 0 Å². The fraction of sp³-hybridized carbons (Fsp3) is 0.625. The van der Waals surface area contributed by atoms with Gasteiger partial charge in [-0.3, -0.25) is 9.78 Å². The molecule has 1 amide bonds. The minimum absolute atomic E-state index is 0.0306. The monoisotopic (exact) mass is 290 g/mol. The number of carbonyl (C=O) groups is 1. The van der Waals surface area contributed by atoms with Crippen LogP contribution in [0.25, 0.3) is 0 Å². The van der Waals surface area contributed by atoms with Crippen LogP contribution in [0, 0.1) is 5.92 Å². The molecule has 1 aromatic rings. The number of hydrogen-bond donors (Lipinski definition) is 2. The van der Waals surface area contributed by atoms with E-state index in [0.29, 0.717) is 11.5 Å². The van der Waals surface area contributed by atoms with E-state index < -0.39 is 0 Å². The Hall–Kier alpha value is -1.62. The number of nitrogens with one attached hydrogen (secondary N) is 2. The van der Waals surface area contributed by atoms with Crippen molar-refractivity contribution in [1.82, 2.24) is 15.2 Å². The van der Waals surface area contributed by atoms with Crippen LogP contribution < -0.4 is 10.6 Å². The highest BCUT2D eigenvalue weighted by molar-refractivity contribution is 5.99. The lowest BCUT2D eigenvalue weighted by Gasteiger charge is -2.31. The lowest BCUT2D eigenvalue weighted by atomic mass is 9.97. The number of aromatic nitrogens is 1. The van der Waals surface area contributed by atoms with E-state index in [9.17, 15) is 4.79 Å². The summed E-state index contributed by atoms with van der Waals surface area (Å²) in [6, 6.07) is 1.85. The van der Waals surface area contributed by atoms with Crippen molar-refractivity contribution < 1.29 is 4.79 Å². The first-order chi connectivity index (χ1) is 10.2. The molecule has 1 aliphatic rings. The highest BCUT2D eigenvalue weighted by Crippen LogP contribution is 2.17. The summed E-state index contributed by atoms with van der Waals surface area (Å²) >= 11 is 0. The first-order valence-corrected chi connectivity index (χ1v) is 7.93. The molecule has 21 heavy (non-hydrogen) atoms. The fourth-order valence-electron chi connectivity index (χ4n) is 2.76. The summed E-state index contributed by atoms with van der Waals surface area (Å²) < 4.78 is 0. The SMILES string of the molecule is CCNc1ccncc1C(=O)NCC1CCN(CC)CC1. The molecule has 0 radical (unpaired) electrons. The Morgan fingerprint density at radius 2 is 2.14 bits per heavy atom. The van der Waals surface area contributed by atoms with Crippen LogP contribution in [0.15, 0.2) is 18.5 Å². The lowest BCUT2D eigenvalue weighted by molar-refractivity contribution is 0.0937. The maximum atomic E-state index is 12.3. The molecule has 1 fully saturated rings. The van der Waals surface area contributed by atoms with Gasteiger partial charge in [0.05, 0.1) is 11.3 Å². The Balaban J connectivity index is 1.85. The van der Waals surface area contributed by atoms with Gasteiger partial charge in [-0.2, -0.15) is 0 Å². The van der Waals surface area contributed by atoms with Crippen molar-refractivity contribution >= 4 is 11.6 Å². The van der Waals surface area contributed by atoms with Gasteiger partial charge in [-0.05, 0) is 51.4 Å². The smallest absolute Gasteiger partial charge is 0.254 e. The Morgan fingerprint density at radius 3 is 2.81 bits per heavy atom.